The van der Waals surface area contributed by atoms with Crippen molar-refractivity contribution in [2.75, 3.05) is 5.32 Å². The van der Waals surface area contributed by atoms with Gasteiger partial charge in [0.1, 0.15) is 17.3 Å². The number of carbonyl (C=O) groups is 1. The molecule has 0 bridgehead atoms. The highest BCUT2D eigenvalue weighted by atomic mass is 19.1. The van der Waals surface area contributed by atoms with E-state index >= 15 is 0 Å². The van der Waals surface area contributed by atoms with E-state index in [1.807, 2.05) is 12.1 Å². The number of nitrogens with one attached hydrogen (secondary N) is 2. The molecular formula is C17H14FN5O. The SMILES string of the molecule is O=C(NCc1ccncc1)c1cnc(Nc2cccc(F)c2)cn1. The quantitative estimate of drug-likeness (QED) is 0.754. The minimum absolute atomic E-state index is 0.203. The van der Waals surface area contributed by atoms with Crippen molar-refractivity contribution in [2.24, 2.45) is 0 Å². The van der Waals surface area contributed by atoms with Crippen LogP contribution in [0.1, 0.15) is 16.1 Å². The smallest absolute Gasteiger partial charge is 0.271 e. The third-order valence-electron chi connectivity index (χ3n) is 3.18. The number of nitrogens with zero attached hydrogens (tertiary/aromatic N) is 3. The minimum atomic E-state index is -0.347. The molecule has 0 aliphatic carbocycles. The van der Waals surface area contributed by atoms with E-state index in [4.69, 9.17) is 0 Å². The van der Waals surface area contributed by atoms with Gasteiger partial charge in [0.25, 0.3) is 5.91 Å². The van der Waals surface area contributed by atoms with Gasteiger partial charge in [0.2, 0.25) is 0 Å². The molecule has 2 N–H and O–H groups in total. The summed E-state index contributed by atoms with van der Waals surface area (Å²) in [7, 11) is 0. The predicted octanol–water partition coefficient (Wildman–Crippen LogP) is 2.68. The number of anilines is 2. The molecule has 0 unspecified atom stereocenters. The average Bonchev–Trinajstić information content (AvgIpc) is 2.61. The van der Waals surface area contributed by atoms with E-state index in [0.717, 1.165) is 5.56 Å². The van der Waals surface area contributed by atoms with Crippen molar-refractivity contribution in [3.05, 3.63) is 78.3 Å². The first-order chi connectivity index (χ1) is 11.7. The van der Waals surface area contributed by atoms with Crippen LogP contribution in [0.15, 0.2) is 61.2 Å². The standard InChI is InChI=1S/C17H14FN5O/c18-13-2-1-3-14(8-13)23-16-11-20-15(10-21-16)17(24)22-9-12-4-6-19-7-5-12/h1-8,10-11H,9H2,(H,21,23)(H,22,24). The highest BCUT2D eigenvalue weighted by Gasteiger charge is 2.08. The van der Waals surface area contributed by atoms with E-state index in [2.05, 4.69) is 25.6 Å². The van der Waals surface area contributed by atoms with Crippen LogP contribution in [0.25, 0.3) is 0 Å². The number of halogens is 1. The van der Waals surface area contributed by atoms with Crippen molar-refractivity contribution < 1.29 is 9.18 Å². The monoisotopic (exact) mass is 323 g/mol. The number of pyridine rings is 1. The van der Waals surface area contributed by atoms with Gasteiger partial charge in [-0.25, -0.2) is 14.4 Å². The molecule has 2 heterocycles. The zero-order chi connectivity index (χ0) is 16.8. The molecule has 3 aromatic rings. The van der Waals surface area contributed by atoms with E-state index in [9.17, 15) is 9.18 Å². The lowest BCUT2D eigenvalue weighted by atomic mass is 10.2. The van der Waals surface area contributed by atoms with Gasteiger partial charge in [0.15, 0.2) is 0 Å². The summed E-state index contributed by atoms with van der Waals surface area (Å²) in [5.74, 6) is -0.247. The van der Waals surface area contributed by atoms with Gasteiger partial charge in [-0.1, -0.05) is 6.07 Å². The Labute approximate surface area is 137 Å². The largest absolute Gasteiger partial charge is 0.347 e. The van der Waals surface area contributed by atoms with E-state index < -0.39 is 0 Å². The van der Waals surface area contributed by atoms with Crippen molar-refractivity contribution in [1.29, 1.82) is 0 Å². The zero-order valence-electron chi connectivity index (χ0n) is 12.6. The Kier molecular flexibility index (Phi) is 4.71. The molecule has 0 saturated carbocycles. The highest BCUT2D eigenvalue weighted by Crippen LogP contribution is 2.14. The molecule has 24 heavy (non-hydrogen) atoms. The molecule has 0 spiro atoms. The number of carbonyl (C=O) groups excluding carboxylic acids is 1. The molecule has 0 aliphatic rings. The summed E-state index contributed by atoms with van der Waals surface area (Å²) in [5.41, 5.74) is 1.70. The number of hydrogen-bond donors (Lipinski definition) is 2. The highest BCUT2D eigenvalue weighted by molar-refractivity contribution is 5.92. The Morgan fingerprint density at radius 2 is 1.92 bits per heavy atom. The Balaban J connectivity index is 1.60. The Morgan fingerprint density at radius 3 is 2.62 bits per heavy atom. The Hall–Kier alpha value is -3.35. The molecule has 0 atom stereocenters. The zero-order valence-corrected chi connectivity index (χ0v) is 12.6. The van der Waals surface area contributed by atoms with Gasteiger partial charge in [0.05, 0.1) is 12.4 Å². The minimum Gasteiger partial charge on any atom is -0.347 e. The fourth-order valence-corrected chi connectivity index (χ4v) is 2.00. The lowest BCUT2D eigenvalue weighted by Gasteiger charge is -2.07. The van der Waals surface area contributed by atoms with Gasteiger partial charge < -0.3 is 10.6 Å². The lowest BCUT2D eigenvalue weighted by molar-refractivity contribution is 0.0945. The van der Waals surface area contributed by atoms with E-state index in [-0.39, 0.29) is 17.4 Å². The van der Waals surface area contributed by atoms with Gasteiger partial charge in [-0.05, 0) is 35.9 Å². The molecule has 0 saturated heterocycles. The van der Waals surface area contributed by atoms with Crippen LogP contribution in [0.2, 0.25) is 0 Å². The number of aromatic nitrogens is 3. The molecule has 6 nitrogen and oxygen atoms in total. The fourth-order valence-electron chi connectivity index (χ4n) is 2.00. The first-order valence-electron chi connectivity index (χ1n) is 7.22. The summed E-state index contributed by atoms with van der Waals surface area (Å²) in [6.07, 6.45) is 6.11. The summed E-state index contributed by atoms with van der Waals surface area (Å²) < 4.78 is 13.1. The molecule has 0 fully saturated rings. The number of amides is 1. The summed E-state index contributed by atoms with van der Waals surface area (Å²) in [6.45, 7) is 0.381. The van der Waals surface area contributed by atoms with Crippen LogP contribution in [0, 0.1) is 5.82 Å². The summed E-state index contributed by atoms with van der Waals surface area (Å²) in [6, 6.07) is 9.63. The van der Waals surface area contributed by atoms with E-state index in [1.54, 1.807) is 24.5 Å². The third kappa shape index (κ3) is 4.10. The van der Waals surface area contributed by atoms with Crippen LogP contribution >= 0.6 is 0 Å². The van der Waals surface area contributed by atoms with Gasteiger partial charge in [-0.15, -0.1) is 0 Å². The molecule has 2 aromatic heterocycles. The van der Waals surface area contributed by atoms with Crippen LogP contribution in [-0.4, -0.2) is 20.9 Å². The van der Waals surface area contributed by atoms with Gasteiger partial charge in [0, 0.05) is 24.6 Å². The topological polar surface area (TPSA) is 79.8 Å². The molecule has 1 amide bonds. The molecule has 1 aromatic carbocycles. The van der Waals surface area contributed by atoms with Crippen molar-refractivity contribution >= 4 is 17.4 Å². The molecule has 120 valence electrons. The average molecular weight is 323 g/mol. The van der Waals surface area contributed by atoms with Crippen molar-refractivity contribution in [2.45, 2.75) is 6.54 Å². The van der Waals surface area contributed by atoms with Crippen LogP contribution in [0.4, 0.5) is 15.9 Å². The van der Waals surface area contributed by atoms with Crippen LogP contribution < -0.4 is 10.6 Å². The molecule has 0 aliphatic heterocycles. The second-order valence-corrected chi connectivity index (χ2v) is 4.96. The normalized spacial score (nSPS) is 10.2. The summed E-state index contributed by atoms with van der Waals surface area (Å²) >= 11 is 0. The maximum Gasteiger partial charge on any atom is 0.271 e. The van der Waals surface area contributed by atoms with Crippen molar-refractivity contribution in [1.82, 2.24) is 20.3 Å². The number of benzene rings is 1. The summed E-state index contributed by atoms with van der Waals surface area (Å²) in [4.78, 5) is 24.1. The van der Waals surface area contributed by atoms with Gasteiger partial charge in [-0.2, -0.15) is 0 Å². The van der Waals surface area contributed by atoms with Crippen LogP contribution in [0.5, 0.6) is 0 Å². The Bertz CT molecular complexity index is 824. The fraction of sp³-hybridized carbons (Fsp3) is 0.0588. The summed E-state index contributed by atoms with van der Waals surface area (Å²) in [5, 5.41) is 5.67. The van der Waals surface area contributed by atoms with E-state index in [1.165, 1.54) is 24.5 Å². The first kappa shape index (κ1) is 15.5. The van der Waals surface area contributed by atoms with Crippen molar-refractivity contribution in [3.63, 3.8) is 0 Å². The third-order valence-corrected chi connectivity index (χ3v) is 3.18. The molecule has 3 rings (SSSR count). The maximum atomic E-state index is 13.1. The van der Waals surface area contributed by atoms with E-state index in [0.29, 0.717) is 18.1 Å². The second kappa shape index (κ2) is 7.28. The predicted molar refractivity (Wildman–Crippen MR) is 87.1 cm³/mol. The second-order valence-electron chi connectivity index (χ2n) is 4.96. The molecule has 7 heteroatoms. The van der Waals surface area contributed by atoms with Crippen LogP contribution in [-0.2, 0) is 6.54 Å². The van der Waals surface area contributed by atoms with Crippen molar-refractivity contribution in [3.8, 4) is 0 Å². The lowest BCUT2D eigenvalue weighted by Crippen LogP contribution is -2.24. The molecular weight excluding hydrogens is 309 g/mol. The number of rotatable bonds is 5. The number of hydrogen-bond acceptors (Lipinski definition) is 5. The van der Waals surface area contributed by atoms with Gasteiger partial charge in [-0.3, -0.25) is 9.78 Å². The molecule has 0 radical (unpaired) electrons. The Morgan fingerprint density at radius 1 is 1.08 bits per heavy atom. The maximum absolute atomic E-state index is 13.1. The van der Waals surface area contributed by atoms with Gasteiger partial charge >= 0.3 is 0 Å². The first-order valence-corrected chi connectivity index (χ1v) is 7.22. The van der Waals surface area contributed by atoms with Crippen LogP contribution in [0.3, 0.4) is 0 Å².